The van der Waals surface area contributed by atoms with Crippen LogP contribution in [0, 0.1) is 0 Å². The second-order valence-corrected chi connectivity index (χ2v) is 12.9. The molecule has 7 atom stereocenters. The zero-order valence-corrected chi connectivity index (χ0v) is 25.4. The number of alkyl halides is 2. The molecule has 15 heteroatoms. The number of carbonyl (C=O) groups is 4. The number of carbonyl (C=O) groups excluding carboxylic acids is 4. The Morgan fingerprint density at radius 2 is 1.72 bits per heavy atom. The molecule has 6 rings (SSSR count). The van der Waals surface area contributed by atoms with Gasteiger partial charge in [-0.15, -0.1) is 0 Å². The maximum Gasteiger partial charge on any atom is 0.261 e. The summed E-state index contributed by atoms with van der Waals surface area (Å²) in [6.45, 7) is -0.186. The molecule has 0 spiro atoms. The van der Waals surface area contributed by atoms with E-state index in [2.05, 4.69) is 10.6 Å². The molecule has 1 aromatic carbocycles. The van der Waals surface area contributed by atoms with E-state index in [-0.39, 0.29) is 89.8 Å². The fraction of sp³-hybridized carbons (Fsp3) is 0.677. The van der Waals surface area contributed by atoms with Crippen LogP contribution in [0.1, 0.15) is 38.5 Å². The van der Waals surface area contributed by atoms with Gasteiger partial charge in [0.25, 0.3) is 5.91 Å². The zero-order chi connectivity index (χ0) is 32.6. The van der Waals surface area contributed by atoms with Gasteiger partial charge in [0.1, 0.15) is 30.1 Å². The predicted octanol–water partition coefficient (Wildman–Crippen LogP) is -0.749. The van der Waals surface area contributed by atoms with Crippen molar-refractivity contribution in [3.8, 4) is 5.75 Å². The molecule has 5 fully saturated rings. The molecule has 252 valence electrons. The van der Waals surface area contributed by atoms with Crippen LogP contribution >= 0.6 is 0 Å². The smallest absolute Gasteiger partial charge is 0.261 e. The van der Waals surface area contributed by atoms with E-state index in [0.717, 1.165) is 0 Å². The Hall–Kier alpha value is -3.40. The lowest BCUT2D eigenvalue weighted by atomic mass is 9.90. The number of hydrogen-bond donors (Lipinski definition) is 4. The van der Waals surface area contributed by atoms with E-state index in [9.17, 15) is 38.2 Å². The van der Waals surface area contributed by atoms with E-state index in [1.165, 1.54) is 9.80 Å². The molecule has 4 aliphatic heterocycles. The van der Waals surface area contributed by atoms with Crippen LogP contribution in [-0.4, -0.2) is 142 Å². The van der Waals surface area contributed by atoms with Gasteiger partial charge in [0.05, 0.1) is 25.1 Å². The molecule has 0 radical (unpaired) electrons. The highest BCUT2D eigenvalue weighted by atomic mass is 19.3. The molecular weight excluding hydrogens is 608 g/mol. The molecule has 5 aliphatic rings. The van der Waals surface area contributed by atoms with Crippen LogP contribution in [0.25, 0.3) is 0 Å². The lowest BCUT2D eigenvalue weighted by Crippen LogP contribution is -2.64. The standard InChI is InChI=1S/C31H41F2N5O8/c32-31(33)8-6-19(7-9-31)38-15-18-12-21(38)30(44)36-10-11-37(26(40)17-45-20-4-2-1-3-5-20)22(16-36)29(43)34-14-24-28(42)27(41)23(46-24)13-25(39)35-18/h1-5,18-19,21-24,27-28,41-42H,6-17H2,(H,34,43)(H,35,39)/t18-,21-,22-,23-,24+,27-,28+/m0/s1. The Morgan fingerprint density at radius 1 is 1.00 bits per heavy atom. The lowest BCUT2D eigenvalue weighted by molar-refractivity contribution is -0.152. The summed E-state index contributed by atoms with van der Waals surface area (Å²) in [5.41, 5.74) is 0. The number of aliphatic hydroxyl groups is 2. The van der Waals surface area contributed by atoms with Crippen LogP contribution in [0.3, 0.4) is 0 Å². The van der Waals surface area contributed by atoms with Crippen LogP contribution in [0.15, 0.2) is 30.3 Å². The number of likely N-dealkylation sites (tertiary alicyclic amines) is 1. The van der Waals surface area contributed by atoms with Gasteiger partial charge in [0.2, 0.25) is 23.6 Å². The van der Waals surface area contributed by atoms with Crippen molar-refractivity contribution in [2.75, 3.05) is 39.3 Å². The number of benzene rings is 1. The van der Waals surface area contributed by atoms with Crippen molar-refractivity contribution in [1.29, 1.82) is 0 Å². The predicted molar refractivity (Wildman–Crippen MR) is 157 cm³/mol. The molecular formula is C31H41F2N5O8. The van der Waals surface area contributed by atoms with E-state index in [1.54, 1.807) is 24.3 Å². The van der Waals surface area contributed by atoms with Gasteiger partial charge >= 0.3 is 0 Å². The molecule has 6 bridgehead atoms. The second-order valence-electron chi connectivity index (χ2n) is 12.9. The van der Waals surface area contributed by atoms with Gasteiger partial charge in [-0.05, 0) is 31.4 Å². The van der Waals surface area contributed by atoms with Gasteiger partial charge in [0, 0.05) is 51.1 Å². The second kappa shape index (κ2) is 13.4. The summed E-state index contributed by atoms with van der Waals surface area (Å²) >= 11 is 0. The van der Waals surface area contributed by atoms with Gasteiger partial charge in [-0.25, -0.2) is 8.78 Å². The zero-order valence-electron chi connectivity index (χ0n) is 25.4. The molecule has 1 aliphatic carbocycles. The number of aliphatic hydroxyl groups excluding tert-OH is 2. The van der Waals surface area contributed by atoms with Gasteiger partial charge in [-0.2, -0.15) is 0 Å². The molecule has 46 heavy (non-hydrogen) atoms. The third-order valence-corrected chi connectivity index (χ3v) is 9.89. The first kappa shape index (κ1) is 32.5. The monoisotopic (exact) mass is 649 g/mol. The van der Waals surface area contributed by atoms with Crippen LogP contribution < -0.4 is 15.4 Å². The molecule has 0 unspecified atom stereocenters. The minimum absolute atomic E-state index is 0.0483. The maximum atomic E-state index is 14.1. The topological polar surface area (TPSA) is 161 Å². The van der Waals surface area contributed by atoms with E-state index >= 15 is 0 Å². The van der Waals surface area contributed by atoms with Crippen molar-refractivity contribution in [1.82, 2.24) is 25.3 Å². The van der Waals surface area contributed by atoms with Crippen molar-refractivity contribution in [2.24, 2.45) is 0 Å². The minimum atomic E-state index is -2.76. The largest absolute Gasteiger partial charge is 0.484 e. The van der Waals surface area contributed by atoms with Gasteiger partial charge in [-0.1, -0.05) is 18.2 Å². The third-order valence-electron chi connectivity index (χ3n) is 9.89. The number of nitrogens with one attached hydrogen (secondary N) is 2. The number of piperazine rings is 1. The normalized spacial score (nSPS) is 34.3. The summed E-state index contributed by atoms with van der Waals surface area (Å²) in [4.78, 5) is 58.9. The third kappa shape index (κ3) is 6.97. The van der Waals surface area contributed by atoms with Crippen molar-refractivity contribution < 1.29 is 47.6 Å². The average Bonchev–Trinajstić information content (AvgIpc) is 3.57. The summed E-state index contributed by atoms with van der Waals surface area (Å²) in [6.07, 6.45) is -4.98. The molecule has 4 heterocycles. The SMILES string of the molecule is O=C1C[C@@H]2O[C@H](CNC(=O)[C@@H]3CN(CCN3C(=O)COc3ccccc3)C(=O)[C@@H]3C[C@@H](CN3C3CCC(F)(F)CC3)N1)[C@@H](O)[C@H]2O. The van der Waals surface area contributed by atoms with Crippen molar-refractivity contribution in [2.45, 2.75) is 93.0 Å². The summed E-state index contributed by atoms with van der Waals surface area (Å²) in [7, 11) is 0. The van der Waals surface area contributed by atoms with Crippen LogP contribution in [0.5, 0.6) is 5.75 Å². The summed E-state index contributed by atoms with van der Waals surface area (Å²) in [5, 5.41) is 26.8. The first-order valence-corrected chi connectivity index (χ1v) is 16.0. The van der Waals surface area contributed by atoms with Gasteiger partial charge < -0.3 is 40.1 Å². The highest BCUT2D eigenvalue weighted by Crippen LogP contribution is 2.38. The number of nitrogens with zero attached hydrogens (tertiary/aromatic N) is 3. The van der Waals surface area contributed by atoms with Gasteiger partial charge in [-0.3, -0.25) is 24.1 Å². The van der Waals surface area contributed by atoms with E-state index in [4.69, 9.17) is 9.47 Å². The maximum absolute atomic E-state index is 14.1. The minimum Gasteiger partial charge on any atom is -0.484 e. The summed E-state index contributed by atoms with van der Waals surface area (Å²) < 4.78 is 39.5. The van der Waals surface area contributed by atoms with Crippen LogP contribution in [0.2, 0.25) is 0 Å². The van der Waals surface area contributed by atoms with Crippen molar-refractivity contribution >= 4 is 23.6 Å². The fourth-order valence-corrected chi connectivity index (χ4v) is 7.38. The number of fused-ring (bicyclic) bond motifs is 6. The number of halogens is 2. The number of rotatable bonds is 4. The Bertz CT molecular complexity index is 1300. The van der Waals surface area contributed by atoms with E-state index < -0.39 is 66.2 Å². The number of ether oxygens (including phenoxy) is 2. The first-order valence-electron chi connectivity index (χ1n) is 16.0. The van der Waals surface area contributed by atoms with Gasteiger partial charge in [0.15, 0.2) is 6.61 Å². The molecule has 1 saturated carbocycles. The molecule has 0 aromatic heterocycles. The molecule has 4 amide bonds. The fourth-order valence-electron chi connectivity index (χ4n) is 7.38. The molecule has 13 nitrogen and oxygen atoms in total. The molecule has 4 saturated heterocycles. The van der Waals surface area contributed by atoms with Crippen molar-refractivity contribution in [3.05, 3.63) is 30.3 Å². The number of amides is 4. The highest BCUT2D eigenvalue weighted by Gasteiger charge is 2.49. The van der Waals surface area contributed by atoms with E-state index in [1.807, 2.05) is 11.0 Å². The van der Waals surface area contributed by atoms with Crippen LogP contribution in [0.4, 0.5) is 8.78 Å². The Morgan fingerprint density at radius 3 is 2.46 bits per heavy atom. The Kier molecular flexibility index (Phi) is 9.46. The summed E-state index contributed by atoms with van der Waals surface area (Å²) in [6, 6.07) is 6.19. The molecule has 4 N–H and O–H groups in total. The number of para-hydroxylation sites is 1. The number of hydrogen-bond acceptors (Lipinski definition) is 9. The van der Waals surface area contributed by atoms with Crippen molar-refractivity contribution in [3.63, 3.8) is 0 Å². The Labute approximate surface area is 265 Å². The quantitative estimate of drug-likeness (QED) is 0.329. The Balaban J connectivity index is 1.25. The van der Waals surface area contributed by atoms with E-state index in [0.29, 0.717) is 5.75 Å². The molecule has 1 aromatic rings. The average molecular weight is 650 g/mol. The summed E-state index contributed by atoms with van der Waals surface area (Å²) in [5.74, 6) is -4.04. The first-order chi connectivity index (χ1) is 22.0. The highest BCUT2D eigenvalue weighted by molar-refractivity contribution is 5.90. The lowest BCUT2D eigenvalue weighted by Gasteiger charge is -2.43. The van der Waals surface area contributed by atoms with Crippen LogP contribution in [-0.2, 0) is 23.9 Å².